The van der Waals surface area contributed by atoms with Crippen molar-refractivity contribution in [1.29, 1.82) is 0 Å². The monoisotopic (exact) mass is 173 g/mol. The molecule has 0 amide bonds. The van der Waals surface area contributed by atoms with E-state index < -0.39 is 5.97 Å². The summed E-state index contributed by atoms with van der Waals surface area (Å²) in [6, 6.07) is 0. The van der Waals surface area contributed by atoms with Gasteiger partial charge in [0.15, 0.2) is 5.69 Å². The summed E-state index contributed by atoms with van der Waals surface area (Å²) >= 11 is 1.53. The van der Waals surface area contributed by atoms with Gasteiger partial charge in [0.05, 0.1) is 5.75 Å². The summed E-state index contributed by atoms with van der Waals surface area (Å²) < 4.78 is 4.85. The van der Waals surface area contributed by atoms with Crippen molar-refractivity contribution in [2.45, 2.75) is 5.75 Å². The lowest BCUT2D eigenvalue weighted by atomic mass is 10.5. The molecular formula is C6H7NO3S. The first-order chi connectivity index (χ1) is 5.24. The van der Waals surface area contributed by atoms with Gasteiger partial charge in [-0.2, -0.15) is 11.8 Å². The minimum absolute atomic E-state index is 0.0333. The quantitative estimate of drug-likeness (QED) is 0.744. The molecule has 11 heavy (non-hydrogen) atoms. The lowest BCUT2D eigenvalue weighted by Crippen LogP contribution is -1.95. The fourth-order valence-electron chi connectivity index (χ4n) is 0.599. The molecule has 1 N–H and O–H groups in total. The number of carbonyl (C=O) groups is 1. The zero-order valence-corrected chi connectivity index (χ0v) is 6.72. The van der Waals surface area contributed by atoms with Crippen LogP contribution in [0.25, 0.3) is 0 Å². The highest BCUT2D eigenvalue weighted by atomic mass is 32.2. The summed E-state index contributed by atoms with van der Waals surface area (Å²) in [5, 5.41) is 8.44. The van der Waals surface area contributed by atoms with Gasteiger partial charge in [0.2, 0.25) is 5.89 Å². The summed E-state index contributed by atoms with van der Waals surface area (Å²) in [7, 11) is 0. The molecule has 0 saturated carbocycles. The first kappa shape index (κ1) is 8.13. The van der Waals surface area contributed by atoms with E-state index in [2.05, 4.69) is 4.98 Å². The number of hydrogen-bond donors (Lipinski definition) is 1. The Hall–Kier alpha value is -0.970. The number of aromatic carboxylic acids is 1. The number of carboxylic acids is 1. The zero-order chi connectivity index (χ0) is 8.27. The summed E-state index contributed by atoms with van der Waals surface area (Å²) in [6.45, 7) is 0. The van der Waals surface area contributed by atoms with Gasteiger partial charge in [-0.1, -0.05) is 0 Å². The topological polar surface area (TPSA) is 63.3 Å². The highest BCUT2D eigenvalue weighted by Gasteiger charge is 2.08. The van der Waals surface area contributed by atoms with E-state index >= 15 is 0 Å². The van der Waals surface area contributed by atoms with E-state index in [9.17, 15) is 4.79 Å². The maximum Gasteiger partial charge on any atom is 0.357 e. The van der Waals surface area contributed by atoms with Crippen LogP contribution in [-0.4, -0.2) is 22.3 Å². The van der Waals surface area contributed by atoms with Crippen molar-refractivity contribution in [3.05, 3.63) is 17.8 Å². The van der Waals surface area contributed by atoms with E-state index in [1.165, 1.54) is 11.8 Å². The second-order valence-electron chi connectivity index (χ2n) is 1.86. The third-order valence-electron chi connectivity index (χ3n) is 1.04. The van der Waals surface area contributed by atoms with Crippen LogP contribution in [0.5, 0.6) is 0 Å². The molecule has 1 aromatic heterocycles. The van der Waals surface area contributed by atoms with Crippen molar-refractivity contribution in [2.75, 3.05) is 6.26 Å². The average molecular weight is 173 g/mol. The van der Waals surface area contributed by atoms with Crippen LogP contribution in [0, 0.1) is 0 Å². The van der Waals surface area contributed by atoms with Gasteiger partial charge < -0.3 is 9.52 Å². The predicted octanol–water partition coefficient (Wildman–Crippen LogP) is 1.24. The average Bonchev–Trinajstić information content (AvgIpc) is 2.37. The Labute approximate surface area is 67.6 Å². The van der Waals surface area contributed by atoms with E-state index in [1.807, 2.05) is 6.26 Å². The third-order valence-corrected chi connectivity index (χ3v) is 1.57. The molecule has 0 unspecified atom stereocenters. The van der Waals surface area contributed by atoms with Crippen LogP contribution in [0.1, 0.15) is 16.4 Å². The smallest absolute Gasteiger partial charge is 0.357 e. The van der Waals surface area contributed by atoms with Crippen molar-refractivity contribution in [3.8, 4) is 0 Å². The van der Waals surface area contributed by atoms with Gasteiger partial charge in [-0.3, -0.25) is 0 Å². The second kappa shape index (κ2) is 3.43. The summed E-state index contributed by atoms with van der Waals surface area (Å²) in [5.41, 5.74) is -0.0333. The van der Waals surface area contributed by atoms with Crippen molar-refractivity contribution in [2.24, 2.45) is 0 Å². The molecule has 0 aromatic carbocycles. The lowest BCUT2D eigenvalue weighted by Gasteiger charge is -1.85. The Morgan fingerprint density at radius 3 is 3.09 bits per heavy atom. The first-order valence-corrected chi connectivity index (χ1v) is 4.30. The fourth-order valence-corrected chi connectivity index (χ4v) is 0.978. The maximum absolute atomic E-state index is 10.3. The molecule has 0 bridgehead atoms. The van der Waals surface area contributed by atoms with Crippen LogP contribution >= 0.6 is 11.8 Å². The number of aromatic nitrogens is 1. The standard InChI is InChI=1S/C6H7NO3S/c1-11-3-5-7-4(2-10-5)6(8)9/h2H,3H2,1H3,(H,8,9). The Kier molecular flexibility index (Phi) is 2.53. The molecule has 0 spiro atoms. The molecule has 5 heteroatoms. The second-order valence-corrected chi connectivity index (χ2v) is 2.73. The minimum Gasteiger partial charge on any atom is -0.476 e. The molecule has 1 aromatic rings. The molecule has 0 radical (unpaired) electrons. The Bertz CT molecular complexity index is 258. The molecule has 0 atom stereocenters. The van der Waals surface area contributed by atoms with Crippen LogP contribution in [0.3, 0.4) is 0 Å². The Morgan fingerprint density at radius 2 is 2.64 bits per heavy atom. The molecule has 0 fully saturated rings. The van der Waals surface area contributed by atoms with Gasteiger partial charge in [0.1, 0.15) is 6.26 Å². The van der Waals surface area contributed by atoms with Crippen molar-refractivity contribution in [1.82, 2.24) is 4.98 Å². The highest BCUT2D eigenvalue weighted by molar-refractivity contribution is 7.97. The maximum atomic E-state index is 10.3. The van der Waals surface area contributed by atoms with Crippen LogP contribution in [0.2, 0.25) is 0 Å². The molecule has 0 aliphatic rings. The molecule has 1 rings (SSSR count). The van der Waals surface area contributed by atoms with Crippen LogP contribution < -0.4 is 0 Å². The Balaban J connectivity index is 2.73. The van der Waals surface area contributed by atoms with E-state index in [-0.39, 0.29) is 5.69 Å². The van der Waals surface area contributed by atoms with Crippen molar-refractivity contribution >= 4 is 17.7 Å². The van der Waals surface area contributed by atoms with Crippen molar-refractivity contribution in [3.63, 3.8) is 0 Å². The SMILES string of the molecule is CSCc1nc(C(=O)O)co1. The van der Waals surface area contributed by atoms with Gasteiger partial charge in [0.25, 0.3) is 0 Å². The largest absolute Gasteiger partial charge is 0.476 e. The number of thioether (sulfide) groups is 1. The number of oxazole rings is 1. The highest BCUT2D eigenvalue weighted by Crippen LogP contribution is 2.08. The molecular weight excluding hydrogens is 166 g/mol. The summed E-state index contributed by atoms with van der Waals surface area (Å²) in [5.74, 6) is 0.00352. The molecule has 0 saturated heterocycles. The number of nitrogens with zero attached hydrogens (tertiary/aromatic N) is 1. The van der Waals surface area contributed by atoms with Crippen LogP contribution in [0.15, 0.2) is 10.7 Å². The van der Waals surface area contributed by atoms with E-state index in [0.717, 1.165) is 6.26 Å². The number of hydrogen-bond acceptors (Lipinski definition) is 4. The molecule has 60 valence electrons. The minimum atomic E-state index is -1.05. The van der Waals surface area contributed by atoms with Gasteiger partial charge >= 0.3 is 5.97 Å². The molecule has 0 aliphatic carbocycles. The molecule has 1 heterocycles. The molecule has 4 nitrogen and oxygen atoms in total. The summed E-state index contributed by atoms with van der Waals surface area (Å²) in [6.07, 6.45) is 3.04. The van der Waals surface area contributed by atoms with Crippen LogP contribution in [-0.2, 0) is 5.75 Å². The van der Waals surface area contributed by atoms with E-state index in [4.69, 9.17) is 9.52 Å². The summed E-state index contributed by atoms with van der Waals surface area (Å²) in [4.78, 5) is 14.0. The van der Waals surface area contributed by atoms with Crippen LogP contribution in [0.4, 0.5) is 0 Å². The number of carboxylic acid groups (broad SMARTS) is 1. The lowest BCUT2D eigenvalue weighted by molar-refractivity contribution is 0.0690. The normalized spacial score (nSPS) is 9.91. The third kappa shape index (κ3) is 1.98. The first-order valence-electron chi connectivity index (χ1n) is 2.90. The van der Waals surface area contributed by atoms with Gasteiger partial charge in [-0.15, -0.1) is 0 Å². The van der Waals surface area contributed by atoms with Gasteiger partial charge in [-0.05, 0) is 6.26 Å². The fraction of sp³-hybridized carbons (Fsp3) is 0.333. The number of rotatable bonds is 3. The van der Waals surface area contributed by atoms with Gasteiger partial charge in [0, 0.05) is 0 Å². The van der Waals surface area contributed by atoms with E-state index in [0.29, 0.717) is 11.6 Å². The molecule has 0 aliphatic heterocycles. The zero-order valence-electron chi connectivity index (χ0n) is 5.90. The van der Waals surface area contributed by atoms with E-state index in [1.54, 1.807) is 0 Å². The Morgan fingerprint density at radius 1 is 1.91 bits per heavy atom. The predicted molar refractivity (Wildman–Crippen MR) is 40.7 cm³/mol. The van der Waals surface area contributed by atoms with Crippen molar-refractivity contribution < 1.29 is 14.3 Å². The van der Waals surface area contributed by atoms with Gasteiger partial charge in [-0.25, -0.2) is 9.78 Å².